The first-order chi connectivity index (χ1) is 6.16. The summed E-state index contributed by atoms with van der Waals surface area (Å²) in [6.45, 7) is 1.85. The highest BCUT2D eigenvalue weighted by atomic mass is 16.3. The van der Waals surface area contributed by atoms with E-state index in [-0.39, 0.29) is 11.5 Å². The zero-order valence-electron chi connectivity index (χ0n) is 7.15. The summed E-state index contributed by atoms with van der Waals surface area (Å²) in [5.74, 6) is 0.0642. The fourth-order valence-electron chi connectivity index (χ4n) is 1.30. The van der Waals surface area contributed by atoms with E-state index in [2.05, 4.69) is 4.98 Å². The fraction of sp³-hybridized carbons (Fsp3) is 0.100. The van der Waals surface area contributed by atoms with E-state index in [1.807, 2.05) is 19.1 Å². The van der Waals surface area contributed by atoms with Gasteiger partial charge in [-0.3, -0.25) is 0 Å². The Kier molecular flexibility index (Phi) is 1.59. The molecule has 1 aromatic heterocycles. The number of rotatable bonds is 0. The largest absolute Gasteiger partial charge is 0.508 e. The first kappa shape index (κ1) is 7.86. The van der Waals surface area contributed by atoms with E-state index in [0.717, 1.165) is 11.1 Å². The van der Waals surface area contributed by atoms with Gasteiger partial charge in [-0.25, -0.2) is 4.98 Å². The average Bonchev–Trinajstić information content (AvgIpc) is 2.06. The van der Waals surface area contributed by atoms with Crippen molar-refractivity contribution in [1.29, 1.82) is 0 Å². The van der Waals surface area contributed by atoms with Crippen LogP contribution in [0.1, 0.15) is 5.69 Å². The molecule has 0 atom stereocenters. The maximum atomic E-state index is 9.45. The van der Waals surface area contributed by atoms with Crippen molar-refractivity contribution in [2.75, 3.05) is 0 Å². The average molecular weight is 175 g/mol. The van der Waals surface area contributed by atoms with Crippen LogP contribution in [0.2, 0.25) is 0 Å². The van der Waals surface area contributed by atoms with Gasteiger partial charge in [-0.2, -0.15) is 0 Å². The number of phenols is 2. The Morgan fingerprint density at radius 3 is 2.69 bits per heavy atom. The van der Waals surface area contributed by atoms with E-state index < -0.39 is 0 Å². The van der Waals surface area contributed by atoms with Crippen molar-refractivity contribution in [3.05, 3.63) is 30.0 Å². The molecule has 2 N–H and O–H groups in total. The number of benzene rings is 1. The lowest BCUT2D eigenvalue weighted by Crippen LogP contribution is -1.83. The molecular weight excluding hydrogens is 166 g/mol. The van der Waals surface area contributed by atoms with Crippen LogP contribution in [-0.4, -0.2) is 15.2 Å². The van der Waals surface area contributed by atoms with E-state index in [1.165, 1.54) is 6.07 Å². The van der Waals surface area contributed by atoms with Crippen LogP contribution >= 0.6 is 0 Å². The number of hydrogen-bond acceptors (Lipinski definition) is 3. The molecule has 0 aliphatic rings. The maximum Gasteiger partial charge on any atom is 0.145 e. The van der Waals surface area contributed by atoms with Gasteiger partial charge in [0.25, 0.3) is 0 Å². The van der Waals surface area contributed by atoms with Gasteiger partial charge < -0.3 is 10.2 Å². The van der Waals surface area contributed by atoms with Gasteiger partial charge in [0.05, 0.1) is 0 Å². The number of aryl methyl sites for hydroxylation is 1. The van der Waals surface area contributed by atoms with Crippen LogP contribution in [0, 0.1) is 6.92 Å². The number of nitrogens with zero attached hydrogens (tertiary/aromatic N) is 1. The highest BCUT2D eigenvalue weighted by Crippen LogP contribution is 2.27. The quantitative estimate of drug-likeness (QED) is 0.643. The summed E-state index contributed by atoms with van der Waals surface area (Å²) in [6, 6.07) is 6.51. The molecule has 2 rings (SSSR count). The van der Waals surface area contributed by atoms with Crippen LogP contribution in [0.5, 0.6) is 11.5 Å². The van der Waals surface area contributed by atoms with Crippen LogP contribution < -0.4 is 0 Å². The Morgan fingerprint density at radius 2 is 1.92 bits per heavy atom. The van der Waals surface area contributed by atoms with Crippen molar-refractivity contribution in [3.63, 3.8) is 0 Å². The summed E-state index contributed by atoms with van der Waals surface area (Å²) in [7, 11) is 0. The van der Waals surface area contributed by atoms with Gasteiger partial charge in [-0.15, -0.1) is 0 Å². The number of aromatic hydroxyl groups is 2. The first-order valence-corrected chi connectivity index (χ1v) is 3.96. The fourth-order valence-corrected chi connectivity index (χ4v) is 1.30. The predicted molar refractivity (Wildman–Crippen MR) is 49.8 cm³/mol. The van der Waals surface area contributed by atoms with Crippen molar-refractivity contribution in [2.24, 2.45) is 0 Å². The zero-order valence-corrected chi connectivity index (χ0v) is 7.15. The number of hydrogen-bond donors (Lipinski definition) is 2. The molecule has 0 bridgehead atoms. The Labute approximate surface area is 75.3 Å². The molecule has 0 saturated heterocycles. The third-order valence-electron chi connectivity index (χ3n) is 1.90. The topological polar surface area (TPSA) is 53.4 Å². The molecule has 2 aromatic rings. The monoisotopic (exact) mass is 175 g/mol. The van der Waals surface area contributed by atoms with E-state index in [0.29, 0.717) is 5.52 Å². The molecule has 0 unspecified atom stereocenters. The smallest absolute Gasteiger partial charge is 0.145 e. The Morgan fingerprint density at radius 1 is 1.15 bits per heavy atom. The summed E-state index contributed by atoms with van der Waals surface area (Å²) in [6.07, 6.45) is 0. The molecular formula is C10H9NO2. The summed E-state index contributed by atoms with van der Waals surface area (Å²) in [5, 5.41) is 19.4. The lowest BCUT2D eigenvalue weighted by Gasteiger charge is -2.01. The molecule has 3 heteroatoms. The van der Waals surface area contributed by atoms with Gasteiger partial charge in [0.1, 0.15) is 17.0 Å². The molecule has 0 aliphatic carbocycles. The van der Waals surface area contributed by atoms with E-state index in [9.17, 15) is 10.2 Å². The normalized spacial score (nSPS) is 10.5. The Bertz CT molecular complexity index is 466. The summed E-state index contributed by atoms with van der Waals surface area (Å²) < 4.78 is 0. The molecule has 0 aliphatic heterocycles. The molecule has 0 amide bonds. The molecule has 1 aromatic carbocycles. The van der Waals surface area contributed by atoms with Crippen LogP contribution in [0.25, 0.3) is 10.9 Å². The summed E-state index contributed by atoms with van der Waals surface area (Å²) >= 11 is 0. The van der Waals surface area contributed by atoms with Gasteiger partial charge >= 0.3 is 0 Å². The molecule has 3 nitrogen and oxygen atoms in total. The first-order valence-electron chi connectivity index (χ1n) is 3.96. The molecule has 0 saturated carbocycles. The second-order valence-electron chi connectivity index (χ2n) is 2.99. The van der Waals surface area contributed by atoms with Crippen molar-refractivity contribution in [1.82, 2.24) is 4.98 Å². The van der Waals surface area contributed by atoms with Crippen LogP contribution in [0.15, 0.2) is 24.3 Å². The zero-order chi connectivity index (χ0) is 9.42. The molecule has 13 heavy (non-hydrogen) atoms. The van der Waals surface area contributed by atoms with Crippen molar-refractivity contribution in [3.8, 4) is 11.5 Å². The Balaban J connectivity index is 2.87. The number of pyridine rings is 1. The third kappa shape index (κ3) is 1.28. The van der Waals surface area contributed by atoms with Crippen LogP contribution in [0.3, 0.4) is 0 Å². The standard InChI is InChI=1S/C10H9NO2/c1-6-2-3-7-4-8(12)5-9(13)10(7)11-6/h2-5,12-13H,1H3. The minimum Gasteiger partial charge on any atom is -0.508 e. The van der Waals surface area contributed by atoms with Crippen molar-refractivity contribution >= 4 is 10.9 Å². The number of aromatic nitrogens is 1. The minimum atomic E-state index is 0.0127. The van der Waals surface area contributed by atoms with E-state index in [4.69, 9.17) is 0 Å². The lowest BCUT2D eigenvalue weighted by atomic mass is 10.2. The second-order valence-corrected chi connectivity index (χ2v) is 2.99. The van der Waals surface area contributed by atoms with Gasteiger partial charge in [-0.1, -0.05) is 6.07 Å². The van der Waals surface area contributed by atoms with Crippen LogP contribution in [0.4, 0.5) is 0 Å². The Hall–Kier alpha value is -1.77. The van der Waals surface area contributed by atoms with Gasteiger partial charge in [0, 0.05) is 17.1 Å². The molecule has 66 valence electrons. The highest BCUT2D eigenvalue weighted by molar-refractivity contribution is 5.85. The highest BCUT2D eigenvalue weighted by Gasteiger charge is 2.03. The minimum absolute atomic E-state index is 0.0127. The van der Waals surface area contributed by atoms with Crippen molar-refractivity contribution < 1.29 is 10.2 Å². The van der Waals surface area contributed by atoms with E-state index >= 15 is 0 Å². The SMILES string of the molecule is Cc1ccc2cc(O)cc(O)c2n1. The van der Waals surface area contributed by atoms with Crippen molar-refractivity contribution in [2.45, 2.75) is 6.92 Å². The molecule has 0 fully saturated rings. The third-order valence-corrected chi connectivity index (χ3v) is 1.90. The number of fused-ring (bicyclic) bond motifs is 1. The van der Waals surface area contributed by atoms with Gasteiger partial charge in [0.15, 0.2) is 0 Å². The second kappa shape index (κ2) is 2.62. The van der Waals surface area contributed by atoms with Gasteiger partial charge in [-0.05, 0) is 19.1 Å². The summed E-state index contributed by atoms with van der Waals surface area (Å²) in [5.41, 5.74) is 1.37. The summed E-state index contributed by atoms with van der Waals surface area (Å²) in [4.78, 5) is 4.16. The lowest BCUT2D eigenvalue weighted by molar-refractivity contribution is 0.454. The van der Waals surface area contributed by atoms with Gasteiger partial charge in [0.2, 0.25) is 0 Å². The predicted octanol–water partition coefficient (Wildman–Crippen LogP) is 1.95. The van der Waals surface area contributed by atoms with E-state index in [1.54, 1.807) is 6.07 Å². The number of phenolic OH excluding ortho intramolecular Hbond substituents is 2. The van der Waals surface area contributed by atoms with Crippen LogP contribution in [-0.2, 0) is 0 Å². The maximum absolute atomic E-state index is 9.45. The molecule has 0 spiro atoms. The molecule has 0 radical (unpaired) electrons. The molecule has 1 heterocycles.